The zero-order valence-electron chi connectivity index (χ0n) is 24.4. The fourth-order valence-corrected chi connectivity index (χ4v) is 6.77. The summed E-state index contributed by atoms with van der Waals surface area (Å²) in [6, 6.07) is 4.92. The third-order valence-corrected chi connectivity index (χ3v) is 9.09. The minimum absolute atomic E-state index is 0.193. The minimum atomic E-state index is -1.21. The van der Waals surface area contributed by atoms with Crippen LogP contribution in [-0.2, 0) is 14.3 Å². The lowest BCUT2D eigenvalue weighted by Crippen LogP contribution is -2.56. The van der Waals surface area contributed by atoms with Crippen LogP contribution in [0.5, 0.6) is 0 Å². The molecule has 232 valence electrons. The van der Waals surface area contributed by atoms with Gasteiger partial charge in [0.15, 0.2) is 0 Å². The van der Waals surface area contributed by atoms with E-state index < -0.39 is 42.7 Å². The van der Waals surface area contributed by atoms with Crippen molar-refractivity contribution in [1.82, 2.24) is 24.9 Å². The standard InChI is InChI=1S/C29H38N6O7S/c1-29(2,3)41-28(39)34-8-6-16(7-9-34)20-11-18(42-32-20)12-22-26(37)25(27(38)23(14-36)40-22)35-13-21(31-33-35)17-4-5-19-24(10-17)43-15-30-19/h4-5,10,13,15-16,18,22-23,25-27,36-38H,6-9,11-12,14H2,1-3H3/t18?,22-,23-,25-,26+,27+/m1/s1. The Morgan fingerprint density at radius 2 is 1.93 bits per heavy atom. The molecular weight excluding hydrogens is 576 g/mol. The summed E-state index contributed by atoms with van der Waals surface area (Å²) in [4.78, 5) is 24.2. The first-order valence-electron chi connectivity index (χ1n) is 14.7. The molecule has 43 heavy (non-hydrogen) atoms. The quantitative estimate of drug-likeness (QED) is 0.376. The third kappa shape index (κ3) is 6.38. The number of benzene rings is 1. The Kier molecular flexibility index (Phi) is 8.39. The minimum Gasteiger partial charge on any atom is -0.444 e. The van der Waals surface area contributed by atoms with Gasteiger partial charge in [-0.05, 0) is 45.7 Å². The lowest BCUT2D eigenvalue weighted by atomic mass is 9.86. The highest BCUT2D eigenvalue weighted by atomic mass is 32.1. The van der Waals surface area contributed by atoms with E-state index in [1.54, 1.807) is 16.6 Å². The van der Waals surface area contributed by atoms with E-state index in [2.05, 4.69) is 20.5 Å². The third-order valence-electron chi connectivity index (χ3n) is 8.30. The van der Waals surface area contributed by atoms with Gasteiger partial charge in [-0.3, -0.25) is 0 Å². The monoisotopic (exact) mass is 614 g/mol. The zero-order chi connectivity index (χ0) is 30.3. The van der Waals surface area contributed by atoms with Gasteiger partial charge in [0.25, 0.3) is 0 Å². The number of thiazole rings is 1. The molecule has 1 unspecified atom stereocenters. The Bertz CT molecular complexity index is 1460. The van der Waals surface area contributed by atoms with Gasteiger partial charge in [0, 0.05) is 37.4 Å². The van der Waals surface area contributed by atoms with E-state index in [0.717, 1.165) is 34.3 Å². The maximum Gasteiger partial charge on any atom is 0.410 e. The van der Waals surface area contributed by atoms with Gasteiger partial charge in [0.2, 0.25) is 0 Å². The fourth-order valence-electron chi connectivity index (χ4n) is 6.05. The number of ether oxygens (including phenoxy) is 2. The van der Waals surface area contributed by atoms with Gasteiger partial charge in [-0.25, -0.2) is 14.5 Å². The highest BCUT2D eigenvalue weighted by Crippen LogP contribution is 2.35. The van der Waals surface area contributed by atoms with Crippen LogP contribution >= 0.6 is 11.3 Å². The van der Waals surface area contributed by atoms with E-state index in [1.807, 2.05) is 39.0 Å². The van der Waals surface area contributed by atoms with Crippen LogP contribution in [0.4, 0.5) is 4.79 Å². The molecule has 2 fully saturated rings. The number of carbonyl (C=O) groups excluding carboxylic acids is 1. The first kappa shape index (κ1) is 29.9. The number of rotatable bonds is 6. The molecule has 5 heterocycles. The highest BCUT2D eigenvalue weighted by molar-refractivity contribution is 7.16. The van der Waals surface area contributed by atoms with Gasteiger partial charge < -0.3 is 34.5 Å². The molecule has 6 rings (SSSR count). The lowest BCUT2D eigenvalue weighted by molar-refractivity contribution is -0.212. The second-order valence-electron chi connectivity index (χ2n) is 12.5. The number of nitrogens with zero attached hydrogens (tertiary/aromatic N) is 6. The van der Waals surface area contributed by atoms with Crippen molar-refractivity contribution in [2.75, 3.05) is 19.7 Å². The number of carbonyl (C=O) groups is 1. The van der Waals surface area contributed by atoms with Crippen LogP contribution in [0, 0.1) is 5.92 Å². The lowest BCUT2D eigenvalue weighted by Gasteiger charge is -2.42. The number of piperidine rings is 1. The summed E-state index contributed by atoms with van der Waals surface area (Å²) in [7, 11) is 0. The molecule has 3 aliphatic rings. The molecule has 1 amide bonds. The van der Waals surface area contributed by atoms with E-state index in [4.69, 9.17) is 14.3 Å². The normalized spacial score (nSPS) is 28.6. The molecule has 13 nitrogen and oxygen atoms in total. The van der Waals surface area contributed by atoms with E-state index in [9.17, 15) is 20.1 Å². The van der Waals surface area contributed by atoms with Gasteiger partial charge >= 0.3 is 6.09 Å². The second-order valence-corrected chi connectivity index (χ2v) is 13.4. The van der Waals surface area contributed by atoms with Gasteiger partial charge in [-0.15, -0.1) is 16.4 Å². The number of amides is 1. The van der Waals surface area contributed by atoms with Crippen molar-refractivity contribution in [1.29, 1.82) is 0 Å². The number of likely N-dealkylation sites (tertiary alicyclic amines) is 1. The second kappa shape index (κ2) is 12.1. The van der Waals surface area contributed by atoms with Crippen LogP contribution in [0.3, 0.4) is 0 Å². The molecule has 14 heteroatoms. The smallest absolute Gasteiger partial charge is 0.410 e. The Hall–Kier alpha value is -3.17. The molecule has 6 atom stereocenters. The number of oxime groups is 1. The molecule has 0 bridgehead atoms. The SMILES string of the molecule is CC(C)(C)OC(=O)N1CCC(C2=NOC(C[C@H]3O[C@H](CO)[C@H](O)[C@H](n4cc(-c5ccc6ncsc6c5)nn4)[C@H]3O)C2)CC1. The van der Waals surface area contributed by atoms with Crippen LogP contribution in [0.1, 0.15) is 52.5 Å². The number of hydrogen-bond acceptors (Lipinski definition) is 12. The summed E-state index contributed by atoms with van der Waals surface area (Å²) in [5.41, 5.74) is 4.52. The van der Waals surface area contributed by atoms with E-state index in [-0.39, 0.29) is 18.1 Å². The molecule has 0 radical (unpaired) electrons. The number of aliphatic hydroxyl groups excluding tert-OH is 3. The van der Waals surface area contributed by atoms with Crippen molar-refractivity contribution in [2.45, 2.75) is 88.6 Å². The van der Waals surface area contributed by atoms with E-state index in [1.165, 1.54) is 16.0 Å². The molecule has 2 saturated heterocycles. The summed E-state index contributed by atoms with van der Waals surface area (Å²) < 4.78 is 13.9. The first-order chi connectivity index (χ1) is 20.6. The number of hydrogen-bond donors (Lipinski definition) is 3. The molecule has 0 saturated carbocycles. The van der Waals surface area contributed by atoms with Gasteiger partial charge in [0.05, 0.1) is 40.3 Å². The predicted molar refractivity (Wildman–Crippen MR) is 158 cm³/mol. The molecule has 0 aliphatic carbocycles. The maximum absolute atomic E-state index is 12.4. The number of aromatic nitrogens is 4. The molecule has 1 aromatic carbocycles. The van der Waals surface area contributed by atoms with Gasteiger partial charge in [-0.2, -0.15) is 0 Å². The summed E-state index contributed by atoms with van der Waals surface area (Å²) >= 11 is 1.53. The van der Waals surface area contributed by atoms with Crippen molar-refractivity contribution in [3.63, 3.8) is 0 Å². The maximum atomic E-state index is 12.4. The van der Waals surface area contributed by atoms with Crippen molar-refractivity contribution in [3.8, 4) is 11.3 Å². The molecule has 0 spiro atoms. The molecule has 3 N–H and O–H groups in total. The summed E-state index contributed by atoms with van der Waals surface area (Å²) in [6.45, 7) is 6.32. The average molecular weight is 615 g/mol. The van der Waals surface area contributed by atoms with Crippen LogP contribution in [0.15, 0.2) is 35.1 Å². The van der Waals surface area contributed by atoms with Crippen LogP contribution in [0.25, 0.3) is 21.5 Å². The van der Waals surface area contributed by atoms with Crippen molar-refractivity contribution >= 4 is 33.4 Å². The Labute approximate surface area is 253 Å². The highest BCUT2D eigenvalue weighted by Gasteiger charge is 2.47. The van der Waals surface area contributed by atoms with Crippen molar-refractivity contribution in [3.05, 3.63) is 29.9 Å². The summed E-state index contributed by atoms with van der Waals surface area (Å²) in [6.07, 6.45) is -0.514. The summed E-state index contributed by atoms with van der Waals surface area (Å²) in [5.74, 6) is 0.193. The molecule has 3 aliphatic heterocycles. The Morgan fingerprint density at radius 1 is 1.16 bits per heavy atom. The predicted octanol–water partition coefficient (Wildman–Crippen LogP) is 2.76. The van der Waals surface area contributed by atoms with Crippen LogP contribution < -0.4 is 0 Å². The Morgan fingerprint density at radius 3 is 2.67 bits per heavy atom. The largest absolute Gasteiger partial charge is 0.444 e. The molecule has 3 aromatic rings. The topological polar surface area (TPSA) is 165 Å². The zero-order valence-corrected chi connectivity index (χ0v) is 25.3. The van der Waals surface area contributed by atoms with Crippen LogP contribution in [0.2, 0.25) is 0 Å². The van der Waals surface area contributed by atoms with E-state index in [0.29, 0.717) is 31.6 Å². The molecular formula is C29H38N6O7S. The molecule has 2 aromatic heterocycles. The number of aliphatic hydroxyl groups is 3. The van der Waals surface area contributed by atoms with E-state index >= 15 is 0 Å². The van der Waals surface area contributed by atoms with Gasteiger partial charge in [-0.1, -0.05) is 16.4 Å². The van der Waals surface area contributed by atoms with Crippen molar-refractivity contribution < 1.29 is 34.4 Å². The Balaban J connectivity index is 1.08. The first-order valence-corrected chi connectivity index (χ1v) is 15.6. The van der Waals surface area contributed by atoms with Crippen molar-refractivity contribution in [2.24, 2.45) is 11.1 Å². The summed E-state index contributed by atoms with van der Waals surface area (Å²) in [5, 5.41) is 45.3. The van der Waals surface area contributed by atoms with Crippen LogP contribution in [-0.4, -0.2) is 108 Å². The fraction of sp³-hybridized carbons (Fsp3) is 0.621. The average Bonchev–Trinajstić information content (AvgIpc) is 3.75. The van der Waals surface area contributed by atoms with Gasteiger partial charge in [0.1, 0.15) is 41.8 Å². The number of fused-ring (bicyclic) bond motifs is 1.